The number of ether oxygens (including phenoxy) is 2. The number of nitrogens with one attached hydrogen (secondary N) is 2. The van der Waals surface area contributed by atoms with Crippen LogP contribution in [-0.2, 0) is 14.8 Å². The van der Waals surface area contributed by atoms with Gasteiger partial charge in [-0.1, -0.05) is 0 Å². The molecule has 2 N–H and O–H groups in total. The predicted octanol–water partition coefficient (Wildman–Crippen LogP) is 2.79. The molecule has 0 aromatic heterocycles. The lowest BCUT2D eigenvalue weighted by Crippen LogP contribution is -2.40. The van der Waals surface area contributed by atoms with Crippen LogP contribution in [0.4, 0.5) is 5.69 Å². The monoisotopic (exact) mass is 392 g/mol. The van der Waals surface area contributed by atoms with E-state index < -0.39 is 16.1 Å². The van der Waals surface area contributed by atoms with Crippen molar-refractivity contribution in [1.29, 1.82) is 0 Å². The summed E-state index contributed by atoms with van der Waals surface area (Å²) < 4.78 is 38.0. The Morgan fingerprint density at radius 1 is 0.926 bits per heavy atom. The van der Waals surface area contributed by atoms with Crippen molar-refractivity contribution in [3.8, 4) is 11.5 Å². The van der Waals surface area contributed by atoms with Gasteiger partial charge in [-0.3, -0.25) is 9.52 Å². The Balaban J connectivity index is 2.05. The second-order valence-corrected chi connectivity index (χ2v) is 7.91. The Bertz CT molecular complexity index is 862. The lowest BCUT2D eigenvalue weighted by molar-refractivity contribution is -0.127. The van der Waals surface area contributed by atoms with Crippen molar-refractivity contribution in [3.05, 3.63) is 48.5 Å². The summed E-state index contributed by atoms with van der Waals surface area (Å²) in [5.74, 6) is 0.808. The van der Waals surface area contributed by atoms with Gasteiger partial charge in [0.2, 0.25) is 0 Å². The number of hydrogen-bond donors (Lipinski definition) is 2. The number of rotatable bonds is 8. The number of hydrogen-bond acceptors (Lipinski definition) is 5. The molecule has 146 valence electrons. The van der Waals surface area contributed by atoms with Crippen LogP contribution in [0.1, 0.15) is 20.8 Å². The number of anilines is 1. The summed E-state index contributed by atoms with van der Waals surface area (Å²) in [6.07, 6.45) is -0.688. The van der Waals surface area contributed by atoms with Gasteiger partial charge in [-0.25, -0.2) is 8.42 Å². The van der Waals surface area contributed by atoms with Crippen LogP contribution in [0, 0.1) is 0 Å². The summed E-state index contributed by atoms with van der Waals surface area (Å²) in [7, 11) is -2.20. The molecule has 8 heteroatoms. The van der Waals surface area contributed by atoms with Gasteiger partial charge in [0.15, 0.2) is 6.10 Å². The van der Waals surface area contributed by atoms with Gasteiger partial charge in [0.25, 0.3) is 15.9 Å². The molecule has 2 aromatic rings. The van der Waals surface area contributed by atoms with Gasteiger partial charge in [-0.2, -0.15) is 0 Å². The molecule has 1 atom stereocenters. The predicted molar refractivity (Wildman–Crippen MR) is 104 cm³/mol. The molecular weight excluding hydrogens is 368 g/mol. The van der Waals surface area contributed by atoms with Gasteiger partial charge >= 0.3 is 0 Å². The minimum atomic E-state index is -3.74. The van der Waals surface area contributed by atoms with Crippen LogP contribution in [0.5, 0.6) is 11.5 Å². The van der Waals surface area contributed by atoms with Gasteiger partial charge in [0, 0.05) is 11.7 Å². The Labute approximate surface area is 159 Å². The highest BCUT2D eigenvalue weighted by Gasteiger charge is 2.17. The van der Waals surface area contributed by atoms with Gasteiger partial charge in [-0.15, -0.1) is 0 Å². The zero-order valence-corrected chi connectivity index (χ0v) is 16.5. The molecular formula is C19H24N2O5S. The molecule has 0 aliphatic carbocycles. The summed E-state index contributed by atoms with van der Waals surface area (Å²) in [5.41, 5.74) is 0.426. The third-order valence-electron chi connectivity index (χ3n) is 3.59. The molecule has 0 bridgehead atoms. The van der Waals surface area contributed by atoms with Gasteiger partial charge in [0.05, 0.1) is 12.0 Å². The van der Waals surface area contributed by atoms with E-state index in [0.717, 1.165) is 0 Å². The number of benzene rings is 2. The van der Waals surface area contributed by atoms with Crippen LogP contribution >= 0.6 is 0 Å². The van der Waals surface area contributed by atoms with Crippen molar-refractivity contribution < 1.29 is 22.7 Å². The maximum Gasteiger partial charge on any atom is 0.261 e. The van der Waals surface area contributed by atoms with E-state index in [9.17, 15) is 13.2 Å². The third kappa shape index (κ3) is 5.89. The van der Waals surface area contributed by atoms with E-state index >= 15 is 0 Å². The van der Waals surface area contributed by atoms with Crippen LogP contribution in [0.15, 0.2) is 53.4 Å². The van der Waals surface area contributed by atoms with Gasteiger partial charge in [-0.05, 0) is 69.3 Å². The van der Waals surface area contributed by atoms with E-state index in [1.165, 1.54) is 31.4 Å². The van der Waals surface area contributed by atoms with Crippen LogP contribution in [0.2, 0.25) is 0 Å². The van der Waals surface area contributed by atoms with E-state index in [-0.39, 0.29) is 16.8 Å². The molecule has 0 fully saturated rings. The second kappa shape index (κ2) is 8.77. The topological polar surface area (TPSA) is 93.7 Å². The fraction of sp³-hybridized carbons (Fsp3) is 0.316. The summed E-state index contributed by atoms with van der Waals surface area (Å²) in [5, 5.41) is 2.76. The Morgan fingerprint density at radius 3 is 2.00 bits per heavy atom. The van der Waals surface area contributed by atoms with Crippen molar-refractivity contribution in [1.82, 2.24) is 5.32 Å². The van der Waals surface area contributed by atoms with Crippen molar-refractivity contribution >= 4 is 21.6 Å². The number of carbonyl (C=O) groups is 1. The molecule has 1 amide bonds. The molecule has 2 rings (SSSR count). The van der Waals surface area contributed by atoms with Crippen molar-refractivity contribution in [2.24, 2.45) is 0 Å². The molecule has 0 spiro atoms. The fourth-order valence-corrected chi connectivity index (χ4v) is 3.29. The highest BCUT2D eigenvalue weighted by Crippen LogP contribution is 2.21. The summed E-state index contributed by atoms with van der Waals surface area (Å²) in [6, 6.07) is 12.5. The van der Waals surface area contributed by atoms with E-state index in [0.29, 0.717) is 17.2 Å². The molecule has 0 radical (unpaired) electrons. The van der Waals surface area contributed by atoms with E-state index in [2.05, 4.69) is 10.0 Å². The van der Waals surface area contributed by atoms with E-state index in [4.69, 9.17) is 9.47 Å². The normalized spacial score (nSPS) is 12.3. The summed E-state index contributed by atoms with van der Waals surface area (Å²) in [6.45, 7) is 5.35. The second-order valence-electron chi connectivity index (χ2n) is 6.23. The SMILES string of the molecule is COc1ccc(NS(=O)(=O)c2ccc(O[C@@H](C)C(=O)NC(C)C)cc2)cc1. The van der Waals surface area contributed by atoms with Crippen LogP contribution in [0.3, 0.4) is 0 Å². The van der Waals surface area contributed by atoms with Crippen LogP contribution in [0.25, 0.3) is 0 Å². The average Bonchev–Trinajstić information content (AvgIpc) is 2.62. The van der Waals surface area contributed by atoms with Gasteiger partial charge < -0.3 is 14.8 Å². The maximum absolute atomic E-state index is 12.5. The molecule has 7 nitrogen and oxygen atoms in total. The van der Waals surface area contributed by atoms with Crippen molar-refractivity contribution in [3.63, 3.8) is 0 Å². The Hall–Kier alpha value is -2.74. The first-order valence-corrected chi connectivity index (χ1v) is 9.93. The first kappa shape index (κ1) is 20.6. The molecule has 2 aromatic carbocycles. The van der Waals surface area contributed by atoms with Gasteiger partial charge in [0.1, 0.15) is 11.5 Å². The lowest BCUT2D eigenvalue weighted by Gasteiger charge is -2.16. The number of methoxy groups -OCH3 is 1. The molecule has 0 saturated heterocycles. The fourth-order valence-electron chi connectivity index (χ4n) is 2.23. The highest BCUT2D eigenvalue weighted by molar-refractivity contribution is 7.92. The number of amides is 1. The number of sulfonamides is 1. The van der Waals surface area contributed by atoms with Crippen molar-refractivity contribution in [2.75, 3.05) is 11.8 Å². The third-order valence-corrected chi connectivity index (χ3v) is 4.99. The quantitative estimate of drug-likeness (QED) is 0.720. The average molecular weight is 392 g/mol. The zero-order chi connectivity index (χ0) is 20.0. The standard InChI is InChI=1S/C19H24N2O5S/c1-13(2)20-19(22)14(3)26-17-9-11-18(12-10-17)27(23,24)21-15-5-7-16(25-4)8-6-15/h5-14,21H,1-4H3,(H,20,22)/t14-/m0/s1. The molecule has 0 unspecified atom stereocenters. The molecule has 0 heterocycles. The Kier molecular flexibility index (Phi) is 6.68. The maximum atomic E-state index is 12.5. The lowest BCUT2D eigenvalue weighted by atomic mass is 10.3. The minimum absolute atomic E-state index is 0.0140. The molecule has 0 aliphatic heterocycles. The first-order chi connectivity index (χ1) is 12.7. The minimum Gasteiger partial charge on any atom is -0.497 e. The largest absolute Gasteiger partial charge is 0.497 e. The zero-order valence-electron chi connectivity index (χ0n) is 15.7. The first-order valence-electron chi connectivity index (χ1n) is 8.45. The Morgan fingerprint density at radius 2 is 1.48 bits per heavy atom. The molecule has 0 aliphatic rings. The van der Waals surface area contributed by atoms with Crippen LogP contribution < -0.4 is 19.5 Å². The number of carbonyl (C=O) groups excluding carboxylic acids is 1. The van der Waals surface area contributed by atoms with E-state index in [1.54, 1.807) is 31.2 Å². The van der Waals surface area contributed by atoms with E-state index in [1.807, 2.05) is 13.8 Å². The smallest absolute Gasteiger partial charge is 0.261 e. The summed E-state index contributed by atoms with van der Waals surface area (Å²) >= 11 is 0. The van der Waals surface area contributed by atoms with Crippen molar-refractivity contribution in [2.45, 2.75) is 37.8 Å². The summed E-state index contributed by atoms with van der Waals surface area (Å²) in [4.78, 5) is 12.0. The highest BCUT2D eigenvalue weighted by atomic mass is 32.2. The van der Waals surface area contributed by atoms with Crippen LogP contribution in [-0.4, -0.2) is 33.6 Å². The molecule has 0 saturated carbocycles. The molecule has 27 heavy (non-hydrogen) atoms.